The highest BCUT2D eigenvalue weighted by molar-refractivity contribution is 7.79. The van der Waals surface area contributed by atoms with Gasteiger partial charge in [0.05, 0.1) is 16.7 Å². The molecule has 0 spiro atoms. The van der Waals surface area contributed by atoms with E-state index in [2.05, 4.69) is 15.3 Å². The van der Waals surface area contributed by atoms with Crippen molar-refractivity contribution in [1.82, 2.24) is 9.97 Å². The van der Waals surface area contributed by atoms with Crippen LogP contribution in [0.5, 0.6) is 0 Å². The molecule has 1 aromatic heterocycles. The molecule has 2 atom stereocenters. The Balaban J connectivity index is 1.70. The van der Waals surface area contributed by atoms with Gasteiger partial charge in [-0.1, -0.05) is 6.07 Å². The van der Waals surface area contributed by atoms with Crippen molar-refractivity contribution >= 4 is 40.1 Å². The first-order chi connectivity index (χ1) is 14.8. The Kier molecular flexibility index (Phi) is 5.38. The molecule has 2 aromatic carbocycles. The number of likely N-dealkylation sites (N-methyl/N-ethyl adjacent to an activating group) is 2. The highest BCUT2D eigenvalue weighted by Gasteiger charge is 2.40. The largest absolute Gasteiger partial charge is 0.342 e. The molecule has 0 radical (unpaired) electrons. The summed E-state index contributed by atoms with van der Waals surface area (Å²) in [6.45, 7) is 0. The molecule has 0 fully saturated rings. The maximum absolute atomic E-state index is 14.4. The number of hydrogen-bond acceptors (Lipinski definition) is 6. The van der Waals surface area contributed by atoms with E-state index >= 15 is 0 Å². The molecule has 1 amide bonds. The maximum atomic E-state index is 14.4. The first kappa shape index (κ1) is 20.8. The van der Waals surface area contributed by atoms with E-state index in [9.17, 15) is 17.8 Å². The Morgan fingerprint density at radius 2 is 1.74 bits per heavy atom. The number of fused-ring (bicyclic) bond motifs is 1. The summed E-state index contributed by atoms with van der Waals surface area (Å²) < 4.78 is 49.0. The summed E-state index contributed by atoms with van der Waals surface area (Å²) in [7, 11) is 3.02. The zero-order valence-corrected chi connectivity index (χ0v) is 17.2. The van der Waals surface area contributed by atoms with Gasteiger partial charge in [0.2, 0.25) is 5.95 Å². The van der Waals surface area contributed by atoms with Crippen molar-refractivity contribution in [3.05, 3.63) is 65.9 Å². The van der Waals surface area contributed by atoms with Crippen LogP contribution in [0.4, 0.5) is 31.9 Å². The number of benzene rings is 2. The lowest BCUT2D eigenvalue weighted by Crippen LogP contribution is -2.46. The SMILES string of the molecule is CN1C(=O)C(c2c(F)cccc2F)N(C)c2nc(Nc3ccc(S(=O)O)cc3)ncc21. The van der Waals surface area contributed by atoms with Gasteiger partial charge in [0, 0.05) is 19.8 Å². The quantitative estimate of drug-likeness (QED) is 0.595. The van der Waals surface area contributed by atoms with E-state index in [0.717, 1.165) is 12.1 Å². The van der Waals surface area contributed by atoms with Crippen LogP contribution < -0.4 is 15.1 Å². The molecule has 2 unspecified atom stereocenters. The lowest BCUT2D eigenvalue weighted by molar-refractivity contribution is -0.120. The van der Waals surface area contributed by atoms with Crippen molar-refractivity contribution in [1.29, 1.82) is 0 Å². The topological polar surface area (TPSA) is 98.7 Å². The van der Waals surface area contributed by atoms with E-state index in [1.54, 1.807) is 12.1 Å². The fraction of sp³-hybridized carbons (Fsp3) is 0.150. The van der Waals surface area contributed by atoms with E-state index in [1.807, 2.05) is 0 Å². The lowest BCUT2D eigenvalue weighted by atomic mass is 10.0. The van der Waals surface area contributed by atoms with Crippen LogP contribution >= 0.6 is 0 Å². The van der Waals surface area contributed by atoms with Gasteiger partial charge < -0.3 is 19.7 Å². The Labute approximate surface area is 178 Å². The summed E-state index contributed by atoms with van der Waals surface area (Å²) in [5.74, 6) is -1.68. The second-order valence-electron chi connectivity index (χ2n) is 6.85. The van der Waals surface area contributed by atoms with Crippen molar-refractivity contribution in [2.45, 2.75) is 10.9 Å². The minimum absolute atomic E-state index is 0.180. The van der Waals surface area contributed by atoms with E-state index in [0.29, 0.717) is 17.2 Å². The van der Waals surface area contributed by atoms with Gasteiger partial charge in [-0.3, -0.25) is 4.79 Å². The van der Waals surface area contributed by atoms with E-state index < -0.39 is 34.7 Å². The average molecular weight is 445 g/mol. The number of nitrogens with one attached hydrogen (secondary N) is 1. The molecule has 31 heavy (non-hydrogen) atoms. The van der Waals surface area contributed by atoms with Crippen molar-refractivity contribution in [3.63, 3.8) is 0 Å². The Hall–Kier alpha value is -3.44. The number of carbonyl (C=O) groups excluding carboxylic acids is 1. The van der Waals surface area contributed by atoms with Crippen LogP contribution in [-0.2, 0) is 15.9 Å². The molecule has 2 heterocycles. The van der Waals surface area contributed by atoms with Crippen molar-refractivity contribution < 1.29 is 22.3 Å². The van der Waals surface area contributed by atoms with E-state index in [4.69, 9.17) is 4.55 Å². The van der Waals surface area contributed by atoms with Crippen molar-refractivity contribution in [2.24, 2.45) is 0 Å². The Morgan fingerprint density at radius 3 is 2.35 bits per heavy atom. The zero-order valence-electron chi connectivity index (χ0n) is 16.4. The predicted octanol–water partition coefficient (Wildman–Crippen LogP) is 3.23. The number of carbonyl (C=O) groups is 1. The van der Waals surface area contributed by atoms with Crippen LogP contribution in [0.1, 0.15) is 11.6 Å². The highest BCUT2D eigenvalue weighted by atomic mass is 32.2. The molecule has 2 N–H and O–H groups in total. The molecular weight excluding hydrogens is 428 g/mol. The summed E-state index contributed by atoms with van der Waals surface area (Å²) >= 11 is -2.09. The molecule has 0 aliphatic carbocycles. The van der Waals surface area contributed by atoms with Crippen LogP contribution in [0.25, 0.3) is 0 Å². The second kappa shape index (κ2) is 8.00. The fourth-order valence-electron chi connectivity index (χ4n) is 3.39. The molecule has 4 rings (SSSR count). The minimum atomic E-state index is -2.09. The van der Waals surface area contributed by atoms with Crippen LogP contribution in [0.15, 0.2) is 53.6 Å². The number of rotatable bonds is 4. The predicted molar refractivity (Wildman–Crippen MR) is 112 cm³/mol. The lowest BCUT2D eigenvalue weighted by Gasteiger charge is -2.38. The number of nitrogens with zero attached hydrogens (tertiary/aromatic N) is 4. The van der Waals surface area contributed by atoms with Crippen molar-refractivity contribution in [3.8, 4) is 0 Å². The van der Waals surface area contributed by atoms with Crippen LogP contribution in [0.2, 0.25) is 0 Å². The molecule has 0 bridgehead atoms. The summed E-state index contributed by atoms with van der Waals surface area (Å²) in [5, 5.41) is 2.96. The van der Waals surface area contributed by atoms with Gasteiger partial charge >= 0.3 is 0 Å². The first-order valence-electron chi connectivity index (χ1n) is 9.07. The van der Waals surface area contributed by atoms with Gasteiger partial charge in [-0.05, 0) is 36.4 Å². The fourth-order valence-corrected chi connectivity index (χ4v) is 3.75. The third-order valence-electron chi connectivity index (χ3n) is 4.98. The molecule has 8 nitrogen and oxygen atoms in total. The summed E-state index contributed by atoms with van der Waals surface area (Å²) in [6, 6.07) is 8.34. The van der Waals surface area contributed by atoms with Gasteiger partial charge in [0.25, 0.3) is 5.91 Å². The summed E-state index contributed by atoms with van der Waals surface area (Å²) in [4.78, 5) is 24.4. The normalized spacial score (nSPS) is 16.8. The smallest absolute Gasteiger partial charge is 0.254 e. The molecule has 1 aliphatic heterocycles. The van der Waals surface area contributed by atoms with Gasteiger partial charge in [0.1, 0.15) is 23.4 Å². The third-order valence-corrected chi connectivity index (χ3v) is 5.66. The number of anilines is 4. The molecular formula is C20H17F2N5O3S. The number of hydrogen-bond donors (Lipinski definition) is 2. The van der Waals surface area contributed by atoms with E-state index in [-0.39, 0.29) is 16.4 Å². The Bertz CT molecular complexity index is 1170. The molecule has 0 saturated heterocycles. The highest BCUT2D eigenvalue weighted by Crippen LogP contribution is 2.40. The van der Waals surface area contributed by atoms with E-state index in [1.165, 1.54) is 48.3 Å². The molecule has 3 aromatic rings. The number of amides is 1. The molecule has 1 aliphatic rings. The standard InChI is InChI=1S/C20H17F2N5O3S/c1-26-15-10-23-20(24-11-6-8-12(9-7-11)31(29)30)25-18(15)27(2)17(19(26)28)16-13(21)4-3-5-14(16)22/h3-10,17H,1-2H3,(H,29,30)(H,23,24,25). The first-order valence-corrected chi connectivity index (χ1v) is 10.2. The minimum Gasteiger partial charge on any atom is -0.342 e. The average Bonchev–Trinajstić information content (AvgIpc) is 2.74. The third kappa shape index (κ3) is 3.73. The zero-order chi connectivity index (χ0) is 22.3. The van der Waals surface area contributed by atoms with Gasteiger partial charge in [-0.15, -0.1) is 0 Å². The van der Waals surface area contributed by atoms with Gasteiger partial charge in [0.15, 0.2) is 16.9 Å². The Morgan fingerprint density at radius 1 is 1.10 bits per heavy atom. The molecule has 11 heteroatoms. The van der Waals surface area contributed by atoms with Gasteiger partial charge in [-0.25, -0.2) is 18.0 Å². The number of halogens is 2. The summed E-state index contributed by atoms with van der Waals surface area (Å²) in [5.41, 5.74) is 0.596. The number of aromatic nitrogens is 2. The summed E-state index contributed by atoms with van der Waals surface area (Å²) in [6.07, 6.45) is 1.43. The molecule has 160 valence electrons. The van der Waals surface area contributed by atoms with Crippen LogP contribution in [0.3, 0.4) is 0 Å². The van der Waals surface area contributed by atoms with Crippen LogP contribution in [0, 0.1) is 11.6 Å². The van der Waals surface area contributed by atoms with Crippen LogP contribution in [-0.4, -0.2) is 38.7 Å². The van der Waals surface area contributed by atoms with Crippen molar-refractivity contribution in [2.75, 3.05) is 29.2 Å². The second-order valence-corrected chi connectivity index (χ2v) is 7.82. The monoisotopic (exact) mass is 445 g/mol. The maximum Gasteiger partial charge on any atom is 0.254 e. The van der Waals surface area contributed by atoms with Gasteiger partial charge in [-0.2, -0.15) is 4.98 Å². The molecule has 0 saturated carbocycles.